The minimum absolute atomic E-state index is 0.0512. The molecule has 0 bridgehead atoms. The molecule has 0 saturated heterocycles. The van der Waals surface area contributed by atoms with Gasteiger partial charge in [0.1, 0.15) is 17.2 Å². The molecule has 3 amide bonds. The second kappa shape index (κ2) is 10.9. The molecule has 0 unspecified atom stereocenters. The Morgan fingerprint density at radius 3 is 2.69 bits per heavy atom. The second-order valence-corrected chi connectivity index (χ2v) is 10.3. The van der Waals surface area contributed by atoms with Gasteiger partial charge in [0.15, 0.2) is 0 Å². The summed E-state index contributed by atoms with van der Waals surface area (Å²) in [6.45, 7) is 6.59. The van der Waals surface area contributed by atoms with Crippen LogP contribution in [0, 0.1) is 6.92 Å². The van der Waals surface area contributed by atoms with E-state index in [1.54, 1.807) is 25.2 Å². The highest BCUT2D eigenvalue weighted by Crippen LogP contribution is 2.31. The summed E-state index contributed by atoms with van der Waals surface area (Å²) in [6.07, 6.45) is 6.34. The number of carbonyl (C=O) groups is 2. The van der Waals surface area contributed by atoms with E-state index in [2.05, 4.69) is 21.7 Å². The number of amides is 3. The molecule has 1 aliphatic carbocycles. The number of aryl methyl sites for hydroxylation is 3. The summed E-state index contributed by atoms with van der Waals surface area (Å²) in [5.74, 6) is 0.808. The first-order chi connectivity index (χ1) is 16.8. The molecule has 2 aromatic heterocycles. The Kier molecular flexibility index (Phi) is 7.70. The number of carbonyl (C=O) groups excluding carboxylic acids is 2. The van der Waals surface area contributed by atoms with Gasteiger partial charge in [0.2, 0.25) is 0 Å². The zero-order valence-electron chi connectivity index (χ0n) is 20.7. The van der Waals surface area contributed by atoms with Crippen LogP contribution >= 0.6 is 11.3 Å². The van der Waals surface area contributed by atoms with Gasteiger partial charge < -0.3 is 20.3 Å². The maximum absolute atomic E-state index is 13.2. The van der Waals surface area contributed by atoms with Crippen molar-refractivity contribution in [3.8, 4) is 11.5 Å². The zero-order valence-corrected chi connectivity index (χ0v) is 21.5. The summed E-state index contributed by atoms with van der Waals surface area (Å²) >= 11 is 1.84. The molecule has 8 heteroatoms. The Morgan fingerprint density at radius 1 is 1.14 bits per heavy atom. The van der Waals surface area contributed by atoms with Crippen LogP contribution in [-0.4, -0.2) is 34.9 Å². The van der Waals surface area contributed by atoms with Crippen molar-refractivity contribution >= 4 is 29.0 Å². The predicted molar refractivity (Wildman–Crippen MR) is 140 cm³/mol. The van der Waals surface area contributed by atoms with Crippen molar-refractivity contribution in [2.45, 2.75) is 59.0 Å². The molecule has 35 heavy (non-hydrogen) atoms. The summed E-state index contributed by atoms with van der Waals surface area (Å²) in [6, 6.07) is 11.0. The number of fused-ring (bicyclic) bond motifs is 1. The highest BCUT2D eigenvalue weighted by Gasteiger charge is 2.21. The van der Waals surface area contributed by atoms with Crippen molar-refractivity contribution in [2.75, 3.05) is 12.4 Å². The number of pyridine rings is 1. The van der Waals surface area contributed by atoms with Gasteiger partial charge in [0.05, 0.1) is 6.54 Å². The normalized spacial score (nSPS) is 12.7. The largest absolute Gasteiger partial charge is 0.457 e. The quantitative estimate of drug-likeness (QED) is 0.429. The topological polar surface area (TPSA) is 83.6 Å². The third-order valence-electron chi connectivity index (χ3n) is 6.12. The third kappa shape index (κ3) is 6.00. The highest BCUT2D eigenvalue weighted by molar-refractivity contribution is 7.12. The number of hydrogen-bond acceptors (Lipinski definition) is 5. The van der Waals surface area contributed by atoms with E-state index in [4.69, 9.17) is 4.74 Å². The number of nitrogens with one attached hydrogen (secondary N) is 2. The van der Waals surface area contributed by atoms with E-state index >= 15 is 0 Å². The Morgan fingerprint density at radius 2 is 1.94 bits per heavy atom. The average Bonchev–Trinajstić information content (AvgIpc) is 3.27. The summed E-state index contributed by atoms with van der Waals surface area (Å²) in [4.78, 5) is 33.8. The van der Waals surface area contributed by atoms with Gasteiger partial charge in [0, 0.05) is 46.9 Å². The molecule has 4 rings (SSSR count). The molecule has 0 atom stereocenters. The highest BCUT2D eigenvalue weighted by atomic mass is 32.1. The van der Waals surface area contributed by atoms with Gasteiger partial charge in [-0.15, -0.1) is 11.3 Å². The lowest BCUT2D eigenvalue weighted by atomic mass is 9.99. The average molecular weight is 493 g/mol. The van der Waals surface area contributed by atoms with Gasteiger partial charge in [-0.05, 0) is 75.8 Å². The fraction of sp³-hybridized carbons (Fsp3) is 0.370. The van der Waals surface area contributed by atoms with Crippen molar-refractivity contribution in [3.05, 3.63) is 69.2 Å². The predicted octanol–water partition coefficient (Wildman–Crippen LogP) is 5.92. The van der Waals surface area contributed by atoms with E-state index < -0.39 is 0 Å². The number of thiophene rings is 1. The van der Waals surface area contributed by atoms with Crippen LogP contribution in [0.1, 0.15) is 58.1 Å². The van der Waals surface area contributed by atoms with E-state index in [1.165, 1.54) is 34.4 Å². The third-order valence-corrected chi connectivity index (χ3v) is 7.34. The summed E-state index contributed by atoms with van der Waals surface area (Å²) in [7, 11) is 1.56. The molecular formula is C27H32N4O3S. The molecule has 3 aromatic rings. The van der Waals surface area contributed by atoms with Crippen LogP contribution in [0.25, 0.3) is 0 Å². The molecule has 0 spiro atoms. The number of nitrogens with zero attached hydrogens (tertiary/aromatic N) is 2. The standard InChI is InChI=1S/C27H32N4O3S/c1-17(2)31(16-22-13-19-7-5-6-8-25(19)35-22)27(33)30-20-10-9-18(3)24(14-20)34-21-11-12-29-23(15-21)26(32)28-4/h9-15,17H,5-8,16H2,1-4H3,(H,28,32)(H,30,33). The molecule has 1 aliphatic rings. The lowest BCUT2D eigenvalue weighted by Crippen LogP contribution is -2.39. The van der Waals surface area contributed by atoms with Gasteiger partial charge in [-0.1, -0.05) is 6.07 Å². The Labute approximate surface area is 210 Å². The maximum Gasteiger partial charge on any atom is 0.322 e. The molecule has 1 aromatic carbocycles. The van der Waals surface area contributed by atoms with Crippen LogP contribution in [0.15, 0.2) is 42.6 Å². The van der Waals surface area contributed by atoms with Crippen molar-refractivity contribution in [1.29, 1.82) is 0 Å². The first-order valence-corrected chi connectivity index (χ1v) is 12.8. The molecule has 0 aliphatic heterocycles. The summed E-state index contributed by atoms with van der Waals surface area (Å²) in [5, 5.41) is 5.59. The van der Waals surface area contributed by atoms with Crippen molar-refractivity contribution < 1.29 is 14.3 Å². The van der Waals surface area contributed by atoms with Crippen LogP contribution in [-0.2, 0) is 19.4 Å². The van der Waals surface area contributed by atoms with Gasteiger partial charge in [-0.25, -0.2) is 4.79 Å². The fourth-order valence-corrected chi connectivity index (χ4v) is 5.38. The second-order valence-electron chi connectivity index (χ2n) is 9.06. The zero-order chi connectivity index (χ0) is 24.9. The number of hydrogen-bond donors (Lipinski definition) is 2. The number of benzene rings is 1. The van der Waals surface area contributed by atoms with Crippen LogP contribution < -0.4 is 15.4 Å². The van der Waals surface area contributed by atoms with E-state index in [0.29, 0.717) is 23.7 Å². The molecule has 0 saturated carbocycles. The van der Waals surface area contributed by atoms with Crippen molar-refractivity contribution in [2.24, 2.45) is 0 Å². The monoisotopic (exact) mass is 492 g/mol. The fourth-order valence-electron chi connectivity index (χ4n) is 4.12. The summed E-state index contributed by atoms with van der Waals surface area (Å²) in [5.41, 5.74) is 3.28. The minimum atomic E-state index is -0.284. The van der Waals surface area contributed by atoms with Crippen molar-refractivity contribution in [3.63, 3.8) is 0 Å². The van der Waals surface area contributed by atoms with E-state index in [0.717, 1.165) is 18.4 Å². The molecule has 2 N–H and O–H groups in total. The van der Waals surface area contributed by atoms with Crippen LogP contribution in [0.3, 0.4) is 0 Å². The molecule has 0 radical (unpaired) electrons. The molecule has 184 valence electrons. The summed E-state index contributed by atoms with van der Waals surface area (Å²) < 4.78 is 6.03. The van der Waals surface area contributed by atoms with Gasteiger partial charge >= 0.3 is 6.03 Å². The number of urea groups is 1. The SMILES string of the molecule is CNC(=O)c1cc(Oc2cc(NC(=O)N(Cc3cc4c(s3)CCCC4)C(C)C)ccc2C)ccn1. The smallest absolute Gasteiger partial charge is 0.322 e. The van der Waals surface area contributed by atoms with E-state index in [1.807, 2.05) is 49.1 Å². The number of rotatable bonds is 7. The van der Waals surface area contributed by atoms with Crippen LogP contribution in [0.5, 0.6) is 11.5 Å². The molecule has 0 fully saturated rings. The number of ether oxygens (including phenoxy) is 1. The van der Waals surface area contributed by atoms with Crippen LogP contribution in [0.2, 0.25) is 0 Å². The molecule has 2 heterocycles. The minimum Gasteiger partial charge on any atom is -0.457 e. The Balaban J connectivity index is 1.48. The maximum atomic E-state index is 13.2. The lowest BCUT2D eigenvalue weighted by molar-refractivity contribution is 0.0957. The first kappa shape index (κ1) is 24.7. The lowest BCUT2D eigenvalue weighted by Gasteiger charge is -2.26. The van der Waals surface area contributed by atoms with Crippen molar-refractivity contribution in [1.82, 2.24) is 15.2 Å². The molecule has 7 nitrogen and oxygen atoms in total. The van der Waals surface area contributed by atoms with Gasteiger partial charge in [-0.2, -0.15) is 0 Å². The van der Waals surface area contributed by atoms with Crippen LogP contribution in [0.4, 0.5) is 10.5 Å². The van der Waals surface area contributed by atoms with Gasteiger partial charge in [-0.3, -0.25) is 9.78 Å². The van der Waals surface area contributed by atoms with E-state index in [-0.39, 0.29) is 23.7 Å². The Bertz CT molecular complexity index is 1200. The number of aromatic nitrogens is 1. The van der Waals surface area contributed by atoms with E-state index in [9.17, 15) is 9.59 Å². The Hall–Kier alpha value is -3.39. The number of anilines is 1. The van der Waals surface area contributed by atoms with Gasteiger partial charge in [0.25, 0.3) is 5.91 Å². The molecular weight excluding hydrogens is 460 g/mol. The first-order valence-electron chi connectivity index (χ1n) is 12.0.